The van der Waals surface area contributed by atoms with Crippen molar-refractivity contribution in [1.29, 1.82) is 0 Å². The number of fused-ring (bicyclic) bond motifs is 1. The van der Waals surface area contributed by atoms with Crippen molar-refractivity contribution in [3.05, 3.63) is 47.5 Å². The third-order valence-corrected chi connectivity index (χ3v) is 3.13. The van der Waals surface area contributed by atoms with Gasteiger partial charge in [-0.05, 0) is 30.0 Å². The van der Waals surface area contributed by atoms with Crippen molar-refractivity contribution in [3.8, 4) is 0 Å². The highest BCUT2D eigenvalue weighted by atomic mass is 16.5. The normalized spacial score (nSPS) is 16.5. The van der Waals surface area contributed by atoms with Crippen LogP contribution in [0.5, 0.6) is 0 Å². The molecular formula is C14H15NO4. The average Bonchev–Trinajstić information content (AvgIpc) is 2.79. The summed E-state index contributed by atoms with van der Waals surface area (Å²) in [6, 6.07) is 4.93. The van der Waals surface area contributed by atoms with Crippen LogP contribution in [0, 0.1) is 0 Å². The number of rotatable bonds is 4. The molecule has 1 amide bonds. The van der Waals surface area contributed by atoms with Gasteiger partial charge in [-0.25, -0.2) is 9.59 Å². The molecule has 0 radical (unpaired) electrons. The maximum absolute atomic E-state index is 11.5. The summed E-state index contributed by atoms with van der Waals surface area (Å²) in [7, 11) is 0. The minimum Gasteiger partial charge on any atom is -0.478 e. The van der Waals surface area contributed by atoms with E-state index in [0.29, 0.717) is 18.4 Å². The van der Waals surface area contributed by atoms with Crippen molar-refractivity contribution >= 4 is 12.1 Å². The molecule has 1 aliphatic carbocycles. The van der Waals surface area contributed by atoms with E-state index in [1.54, 1.807) is 12.1 Å². The Morgan fingerprint density at radius 3 is 3.00 bits per heavy atom. The molecule has 1 aliphatic rings. The van der Waals surface area contributed by atoms with E-state index in [1.807, 2.05) is 6.07 Å². The molecule has 19 heavy (non-hydrogen) atoms. The van der Waals surface area contributed by atoms with E-state index in [-0.39, 0.29) is 12.6 Å². The van der Waals surface area contributed by atoms with E-state index in [2.05, 4.69) is 11.9 Å². The predicted molar refractivity (Wildman–Crippen MR) is 69.1 cm³/mol. The Morgan fingerprint density at radius 1 is 1.53 bits per heavy atom. The molecule has 0 saturated carbocycles. The summed E-state index contributed by atoms with van der Waals surface area (Å²) in [4.78, 5) is 22.6. The second kappa shape index (κ2) is 5.56. The minimum atomic E-state index is -0.938. The third kappa shape index (κ3) is 2.76. The maximum atomic E-state index is 11.5. The third-order valence-electron chi connectivity index (χ3n) is 3.13. The van der Waals surface area contributed by atoms with E-state index < -0.39 is 12.1 Å². The Labute approximate surface area is 110 Å². The zero-order chi connectivity index (χ0) is 13.8. The predicted octanol–water partition coefficient (Wildman–Crippen LogP) is 2.28. The zero-order valence-corrected chi connectivity index (χ0v) is 10.4. The molecule has 0 aromatic heterocycles. The average molecular weight is 261 g/mol. The Morgan fingerprint density at radius 2 is 2.32 bits per heavy atom. The van der Waals surface area contributed by atoms with Crippen molar-refractivity contribution < 1.29 is 19.4 Å². The number of hydrogen-bond donors (Lipinski definition) is 2. The van der Waals surface area contributed by atoms with Crippen LogP contribution < -0.4 is 5.32 Å². The summed E-state index contributed by atoms with van der Waals surface area (Å²) in [6.07, 6.45) is 2.30. The monoisotopic (exact) mass is 261 g/mol. The first-order valence-electron chi connectivity index (χ1n) is 6.02. The molecule has 1 aromatic carbocycles. The van der Waals surface area contributed by atoms with Crippen LogP contribution in [0.15, 0.2) is 30.9 Å². The molecule has 0 spiro atoms. The van der Waals surface area contributed by atoms with Crippen LogP contribution in [0.2, 0.25) is 0 Å². The lowest BCUT2D eigenvalue weighted by molar-refractivity contribution is 0.0695. The van der Waals surface area contributed by atoms with Crippen molar-refractivity contribution in [2.45, 2.75) is 18.9 Å². The van der Waals surface area contributed by atoms with Gasteiger partial charge in [-0.3, -0.25) is 0 Å². The van der Waals surface area contributed by atoms with E-state index >= 15 is 0 Å². The summed E-state index contributed by atoms with van der Waals surface area (Å²) in [5.41, 5.74) is 1.96. The van der Waals surface area contributed by atoms with Gasteiger partial charge in [0.1, 0.15) is 6.61 Å². The highest BCUT2D eigenvalue weighted by Crippen LogP contribution is 2.33. The van der Waals surface area contributed by atoms with Gasteiger partial charge in [-0.2, -0.15) is 0 Å². The smallest absolute Gasteiger partial charge is 0.407 e. The number of carboxylic acids is 1. The summed E-state index contributed by atoms with van der Waals surface area (Å²) in [5, 5.41) is 11.8. The number of carboxylic acid groups (broad SMARTS) is 1. The van der Waals surface area contributed by atoms with E-state index in [1.165, 1.54) is 6.08 Å². The van der Waals surface area contributed by atoms with Gasteiger partial charge in [-0.1, -0.05) is 24.8 Å². The molecule has 0 aliphatic heterocycles. The van der Waals surface area contributed by atoms with Crippen LogP contribution in [-0.2, 0) is 11.2 Å². The van der Waals surface area contributed by atoms with Gasteiger partial charge in [-0.15, -0.1) is 0 Å². The number of aromatic carboxylic acids is 1. The number of carbonyl (C=O) groups excluding carboxylic acids is 1. The van der Waals surface area contributed by atoms with Crippen molar-refractivity contribution in [3.63, 3.8) is 0 Å². The van der Waals surface area contributed by atoms with E-state index in [0.717, 1.165) is 11.1 Å². The summed E-state index contributed by atoms with van der Waals surface area (Å²) in [5.74, 6) is -0.938. The van der Waals surface area contributed by atoms with Crippen molar-refractivity contribution in [1.82, 2.24) is 5.32 Å². The number of ether oxygens (including phenoxy) is 1. The number of nitrogens with one attached hydrogen (secondary N) is 1. The molecule has 0 fully saturated rings. The Balaban J connectivity index is 2.14. The fraction of sp³-hybridized carbons (Fsp3) is 0.286. The van der Waals surface area contributed by atoms with Crippen LogP contribution in [0.4, 0.5) is 4.79 Å². The van der Waals surface area contributed by atoms with Gasteiger partial charge in [0.15, 0.2) is 0 Å². The number of amides is 1. The molecule has 5 heteroatoms. The van der Waals surface area contributed by atoms with Gasteiger partial charge in [0.05, 0.1) is 11.6 Å². The van der Waals surface area contributed by atoms with Gasteiger partial charge >= 0.3 is 12.1 Å². The molecule has 0 unspecified atom stereocenters. The topological polar surface area (TPSA) is 75.6 Å². The van der Waals surface area contributed by atoms with Gasteiger partial charge in [0, 0.05) is 0 Å². The lowest BCUT2D eigenvalue weighted by Gasteiger charge is -2.14. The van der Waals surface area contributed by atoms with E-state index in [4.69, 9.17) is 9.84 Å². The molecule has 1 atom stereocenters. The fourth-order valence-corrected chi connectivity index (χ4v) is 2.32. The molecule has 0 saturated heterocycles. The van der Waals surface area contributed by atoms with Crippen LogP contribution in [-0.4, -0.2) is 23.8 Å². The zero-order valence-electron chi connectivity index (χ0n) is 10.4. The SMILES string of the molecule is C=CCOC(=O)N[C@H]1CCc2c(C(=O)O)cccc21. The van der Waals surface area contributed by atoms with Crippen LogP contribution in [0.25, 0.3) is 0 Å². The van der Waals surface area contributed by atoms with Crippen molar-refractivity contribution in [2.24, 2.45) is 0 Å². The Bertz CT molecular complexity index is 524. The second-order valence-electron chi connectivity index (χ2n) is 4.30. The number of hydrogen-bond acceptors (Lipinski definition) is 3. The van der Waals surface area contributed by atoms with Gasteiger partial charge in [0.25, 0.3) is 0 Å². The quantitative estimate of drug-likeness (QED) is 0.815. The number of benzene rings is 1. The van der Waals surface area contributed by atoms with Crippen LogP contribution in [0.1, 0.15) is 33.9 Å². The lowest BCUT2D eigenvalue weighted by atomic mass is 10.0. The Kier molecular flexibility index (Phi) is 3.85. The largest absolute Gasteiger partial charge is 0.478 e. The van der Waals surface area contributed by atoms with Crippen molar-refractivity contribution in [2.75, 3.05) is 6.61 Å². The summed E-state index contributed by atoms with van der Waals surface area (Å²) < 4.78 is 4.86. The van der Waals surface area contributed by atoms with Gasteiger partial charge in [0.2, 0.25) is 0 Å². The molecule has 1 aromatic rings. The fourth-order valence-electron chi connectivity index (χ4n) is 2.32. The summed E-state index contributed by atoms with van der Waals surface area (Å²) >= 11 is 0. The van der Waals surface area contributed by atoms with E-state index in [9.17, 15) is 9.59 Å². The second-order valence-corrected chi connectivity index (χ2v) is 4.30. The molecule has 0 heterocycles. The first-order chi connectivity index (χ1) is 9.13. The minimum absolute atomic E-state index is 0.153. The highest BCUT2D eigenvalue weighted by molar-refractivity contribution is 5.90. The van der Waals surface area contributed by atoms with Crippen LogP contribution >= 0.6 is 0 Å². The molecule has 5 nitrogen and oxygen atoms in total. The Hall–Kier alpha value is -2.30. The molecule has 2 rings (SSSR count). The molecule has 0 bridgehead atoms. The molecule has 100 valence electrons. The van der Waals surface area contributed by atoms with Gasteiger partial charge < -0.3 is 15.2 Å². The number of carbonyl (C=O) groups is 2. The molecule has 2 N–H and O–H groups in total. The first kappa shape index (κ1) is 13.1. The maximum Gasteiger partial charge on any atom is 0.407 e. The lowest BCUT2D eigenvalue weighted by Crippen LogP contribution is -2.27. The standard InChI is InChI=1S/C14H15NO4/c1-2-8-19-14(18)15-12-7-6-9-10(12)4-3-5-11(9)13(16)17/h2-5,12H,1,6-8H2,(H,15,18)(H,16,17)/t12-/m0/s1. The summed E-state index contributed by atoms with van der Waals surface area (Å²) in [6.45, 7) is 3.61. The molecular weight excluding hydrogens is 246 g/mol. The first-order valence-corrected chi connectivity index (χ1v) is 6.02. The highest BCUT2D eigenvalue weighted by Gasteiger charge is 2.27. The van der Waals surface area contributed by atoms with Crippen LogP contribution in [0.3, 0.4) is 0 Å². The number of alkyl carbamates (subject to hydrolysis) is 1.